The van der Waals surface area contributed by atoms with Crippen molar-refractivity contribution in [2.24, 2.45) is 5.92 Å². The van der Waals surface area contributed by atoms with E-state index in [0.717, 1.165) is 25.3 Å². The molecule has 0 radical (unpaired) electrons. The van der Waals surface area contributed by atoms with Gasteiger partial charge in [-0.15, -0.1) is 12.4 Å². The highest BCUT2D eigenvalue weighted by Gasteiger charge is 2.33. The standard InChI is InChI=1S/C17H24N4O2.ClH/c22-16(20-8-6-14-3-1-2-7-18-14)11-15-17(23)21(10-9-19-15)12-13-4-5-13;/h1-3,7,13,15,19H,4-6,8-12H2,(H,20,22);1H. The van der Waals surface area contributed by atoms with E-state index in [1.54, 1.807) is 6.20 Å². The summed E-state index contributed by atoms with van der Waals surface area (Å²) in [5, 5.41) is 6.04. The molecule has 3 rings (SSSR count). The molecule has 0 bridgehead atoms. The van der Waals surface area contributed by atoms with Gasteiger partial charge in [-0.05, 0) is 30.9 Å². The van der Waals surface area contributed by atoms with Crippen molar-refractivity contribution in [2.75, 3.05) is 26.2 Å². The first-order valence-corrected chi connectivity index (χ1v) is 8.41. The highest BCUT2D eigenvalue weighted by atomic mass is 35.5. The monoisotopic (exact) mass is 352 g/mol. The predicted octanol–water partition coefficient (Wildman–Crippen LogP) is 0.763. The maximum absolute atomic E-state index is 12.4. The van der Waals surface area contributed by atoms with Gasteiger partial charge in [0.15, 0.2) is 0 Å². The second kappa shape index (κ2) is 8.99. The lowest BCUT2D eigenvalue weighted by atomic mass is 10.1. The highest BCUT2D eigenvalue weighted by Crippen LogP contribution is 2.30. The number of aromatic nitrogens is 1. The third-order valence-corrected chi connectivity index (χ3v) is 4.38. The maximum atomic E-state index is 12.4. The lowest BCUT2D eigenvalue weighted by Gasteiger charge is -2.33. The molecule has 1 aliphatic heterocycles. The first kappa shape index (κ1) is 18.7. The van der Waals surface area contributed by atoms with Crippen LogP contribution in [0.1, 0.15) is 25.0 Å². The average Bonchev–Trinajstić information content (AvgIpc) is 3.36. The van der Waals surface area contributed by atoms with Gasteiger partial charge in [-0.2, -0.15) is 0 Å². The van der Waals surface area contributed by atoms with Crippen molar-refractivity contribution < 1.29 is 9.59 Å². The van der Waals surface area contributed by atoms with Crippen molar-refractivity contribution in [3.63, 3.8) is 0 Å². The Kier molecular flexibility index (Phi) is 6.99. The molecular weight excluding hydrogens is 328 g/mol. The van der Waals surface area contributed by atoms with Crippen LogP contribution in [-0.2, 0) is 16.0 Å². The lowest BCUT2D eigenvalue weighted by Crippen LogP contribution is -2.56. The van der Waals surface area contributed by atoms with Crippen LogP contribution in [0.15, 0.2) is 24.4 Å². The molecule has 2 N–H and O–H groups in total. The minimum Gasteiger partial charge on any atom is -0.356 e. The van der Waals surface area contributed by atoms with Gasteiger partial charge in [-0.3, -0.25) is 14.6 Å². The van der Waals surface area contributed by atoms with Gasteiger partial charge in [0, 0.05) is 44.5 Å². The van der Waals surface area contributed by atoms with Gasteiger partial charge in [-0.1, -0.05) is 6.07 Å². The number of rotatable bonds is 7. The number of pyridine rings is 1. The van der Waals surface area contributed by atoms with E-state index in [1.807, 2.05) is 23.1 Å². The molecule has 1 aromatic rings. The minimum atomic E-state index is -0.377. The summed E-state index contributed by atoms with van der Waals surface area (Å²) >= 11 is 0. The fourth-order valence-electron chi connectivity index (χ4n) is 2.88. The highest BCUT2D eigenvalue weighted by molar-refractivity contribution is 5.89. The Morgan fingerprint density at radius 1 is 1.38 bits per heavy atom. The Bertz CT molecular complexity index is 551. The molecular formula is C17H25ClN4O2. The Balaban J connectivity index is 0.00000208. The Hall–Kier alpha value is -1.66. The molecule has 1 saturated heterocycles. The van der Waals surface area contributed by atoms with Gasteiger partial charge in [-0.25, -0.2) is 0 Å². The molecule has 2 amide bonds. The maximum Gasteiger partial charge on any atom is 0.240 e. The number of hydrogen-bond donors (Lipinski definition) is 2. The molecule has 6 nitrogen and oxygen atoms in total. The van der Waals surface area contributed by atoms with Crippen LogP contribution in [0.2, 0.25) is 0 Å². The lowest BCUT2D eigenvalue weighted by molar-refractivity contribution is -0.138. The Morgan fingerprint density at radius 3 is 2.92 bits per heavy atom. The van der Waals surface area contributed by atoms with E-state index in [2.05, 4.69) is 15.6 Å². The van der Waals surface area contributed by atoms with Crippen LogP contribution in [0, 0.1) is 5.92 Å². The number of nitrogens with zero attached hydrogens (tertiary/aromatic N) is 2. The fourth-order valence-corrected chi connectivity index (χ4v) is 2.88. The molecule has 1 atom stereocenters. The number of halogens is 1. The van der Waals surface area contributed by atoms with Crippen molar-refractivity contribution in [1.29, 1.82) is 0 Å². The Morgan fingerprint density at radius 2 is 2.21 bits per heavy atom. The third kappa shape index (κ3) is 5.46. The molecule has 2 aliphatic rings. The average molecular weight is 353 g/mol. The van der Waals surface area contributed by atoms with E-state index in [0.29, 0.717) is 18.9 Å². The summed E-state index contributed by atoms with van der Waals surface area (Å²) in [5.74, 6) is 0.674. The van der Waals surface area contributed by atoms with Gasteiger partial charge in [0.05, 0.1) is 12.5 Å². The largest absolute Gasteiger partial charge is 0.356 e. The van der Waals surface area contributed by atoms with Crippen LogP contribution < -0.4 is 10.6 Å². The summed E-state index contributed by atoms with van der Waals surface area (Å²) in [6.45, 7) is 2.93. The number of carbonyl (C=O) groups is 2. The van der Waals surface area contributed by atoms with Crippen LogP contribution in [0.25, 0.3) is 0 Å². The molecule has 2 heterocycles. The van der Waals surface area contributed by atoms with Gasteiger partial charge >= 0.3 is 0 Å². The molecule has 1 unspecified atom stereocenters. The minimum absolute atomic E-state index is 0. The quantitative estimate of drug-likeness (QED) is 0.760. The van der Waals surface area contributed by atoms with E-state index >= 15 is 0 Å². The van der Waals surface area contributed by atoms with Gasteiger partial charge < -0.3 is 15.5 Å². The summed E-state index contributed by atoms with van der Waals surface area (Å²) < 4.78 is 0. The number of nitrogens with one attached hydrogen (secondary N) is 2. The Labute approximate surface area is 148 Å². The topological polar surface area (TPSA) is 74.3 Å². The van der Waals surface area contributed by atoms with E-state index < -0.39 is 0 Å². The zero-order chi connectivity index (χ0) is 16.1. The first-order chi connectivity index (χ1) is 11.2. The molecule has 2 fully saturated rings. The van der Waals surface area contributed by atoms with E-state index in [4.69, 9.17) is 0 Å². The number of carbonyl (C=O) groups excluding carboxylic acids is 2. The van der Waals surface area contributed by atoms with Crippen LogP contribution in [-0.4, -0.2) is 53.9 Å². The van der Waals surface area contributed by atoms with Crippen molar-refractivity contribution in [3.8, 4) is 0 Å². The smallest absolute Gasteiger partial charge is 0.240 e. The second-order valence-electron chi connectivity index (χ2n) is 6.36. The zero-order valence-corrected chi connectivity index (χ0v) is 14.6. The van der Waals surface area contributed by atoms with Crippen LogP contribution in [0.4, 0.5) is 0 Å². The van der Waals surface area contributed by atoms with Gasteiger partial charge in [0.1, 0.15) is 0 Å². The summed E-state index contributed by atoms with van der Waals surface area (Å²) in [5.41, 5.74) is 0.954. The number of amides is 2. The molecule has 132 valence electrons. The van der Waals surface area contributed by atoms with Crippen molar-refractivity contribution >= 4 is 24.2 Å². The SMILES string of the molecule is Cl.O=C(CC1NCCN(CC2CC2)C1=O)NCCc1ccccn1. The summed E-state index contributed by atoms with van der Waals surface area (Å²) in [7, 11) is 0. The van der Waals surface area contributed by atoms with E-state index in [1.165, 1.54) is 12.8 Å². The second-order valence-corrected chi connectivity index (χ2v) is 6.36. The van der Waals surface area contributed by atoms with Gasteiger partial charge in [0.2, 0.25) is 11.8 Å². The molecule has 0 aromatic carbocycles. The van der Waals surface area contributed by atoms with Crippen molar-refractivity contribution in [3.05, 3.63) is 30.1 Å². The molecule has 0 spiro atoms. The first-order valence-electron chi connectivity index (χ1n) is 8.41. The zero-order valence-electron chi connectivity index (χ0n) is 13.7. The van der Waals surface area contributed by atoms with E-state index in [-0.39, 0.29) is 36.7 Å². The summed E-state index contributed by atoms with van der Waals surface area (Å²) in [6, 6.07) is 5.37. The number of hydrogen-bond acceptors (Lipinski definition) is 4. The molecule has 1 saturated carbocycles. The molecule has 24 heavy (non-hydrogen) atoms. The van der Waals surface area contributed by atoms with Crippen molar-refractivity contribution in [2.45, 2.75) is 31.7 Å². The van der Waals surface area contributed by atoms with Gasteiger partial charge in [0.25, 0.3) is 0 Å². The molecule has 1 aromatic heterocycles. The molecule has 7 heteroatoms. The number of piperazine rings is 1. The van der Waals surface area contributed by atoms with Crippen LogP contribution >= 0.6 is 12.4 Å². The fraction of sp³-hybridized carbons (Fsp3) is 0.588. The predicted molar refractivity (Wildman–Crippen MR) is 93.9 cm³/mol. The normalized spacial score (nSPS) is 20.4. The summed E-state index contributed by atoms with van der Waals surface area (Å²) in [4.78, 5) is 30.6. The van der Waals surface area contributed by atoms with Crippen LogP contribution in [0.3, 0.4) is 0 Å². The summed E-state index contributed by atoms with van der Waals surface area (Å²) in [6.07, 6.45) is 5.12. The molecule has 1 aliphatic carbocycles. The van der Waals surface area contributed by atoms with Crippen molar-refractivity contribution in [1.82, 2.24) is 20.5 Å². The van der Waals surface area contributed by atoms with Crippen LogP contribution in [0.5, 0.6) is 0 Å². The van der Waals surface area contributed by atoms with E-state index in [9.17, 15) is 9.59 Å². The third-order valence-electron chi connectivity index (χ3n) is 4.38.